The molecule has 0 bridgehead atoms. The van der Waals surface area contributed by atoms with Crippen LogP contribution >= 0.6 is 11.6 Å². The van der Waals surface area contributed by atoms with E-state index in [9.17, 15) is 0 Å². The topological polar surface area (TPSA) is 60.9 Å². The van der Waals surface area contributed by atoms with Crippen molar-refractivity contribution in [3.05, 3.63) is 65.3 Å². The summed E-state index contributed by atoms with van der Waals surface area (Å²) in [4.78, 5) is 5.06. The second kappa shape index (κ2) is 6.97. The van der Waals surface area contributed by atoms with Gasteiger partial charge in [0.2, 0.25) is 0 Å². The monoisotopic (exact) mass is 402 g/mol. The number of hydrogen-bond donors (Lipinski definition) is 0. The van der Waals surface area contributed by atoms with Gasteiger partial charge in [0.05, 0.1) is 5.69 Å². The normalized spacial score (nSPS) is 11.6. The van der Waals surface area contributed by atoms with Crippen molar-refractivity contribution in [2.75, 3.05) is 0 Å². The number of nitrogens with zero attached hydrogens (tertiary/aromatic N) is 6. The highest BCUT2D eigenvalue weighted by Gasteiger charge is 2.22. The van der Waals surface area contributed by atoms with Gasteiger partial charge in [-0.25, -0.2) is 4.98 Å². The molecule has 2 aromatic carbocycles. The summed E-state index contributed by atoms with van der Waals surface area (Å²) in [6.07, 6.45) is 1.86. The molecular formula is C22H19ClN6. The van der Waals surface area contributed by atoms with Crippen molar-refractivity contribution in [1.29, 1.82) is 0 Å². The summed E-state index contributed by atoms with van der Waals surface area (Å²) in [6.45, 7) is 2.14. The summed E-state index contributed by atoms with van der Waals surface area (Å²) in [6, 6.07) is 17.7. The Kier molecular flexibility index (Phi) is 4.28. The van der Waals surface area contributed by atoms with Crippen molar-refractivity contribution in [1.82, 2.24) is 29.4 Å². The van der Waals surface area contributed by atoms with E-state index in [-0.39, 0.29) is 0 Å². The van der Waals surface area contributed by atoms with E-state index < -0.39 is 0 Å². The number of hydrogen-bond acceptors (Lipinski definition) is 4. The second-order valence-electron chi connectivity index (χ2n) is 7.01. The zero-order chi connectivity index (χ0) is 20.0. The van der Waals surface area contributed by atoms with Crippen molar-refractivity contribution in [2.45, 2.75) is 19.8 Å². The Morgan fingerprint density at radius 1 is 0.897 bits per heavy atom. The fourth-order valence-electron chi connectivity index (χ4n) is 3.70. The molecule has 144 valence electrons. The Hall–Kier alpha value is -3.25. The molecule has 0 fully saturated rings. The zero-order valence-electron chi connectivity index (χ0n) is 16.2. The van der Waals surface area contributed by atoms with Crippen LogP contribution in [0.3, 0.4) is 0 Å². The van der Waals surface area contributed by atoms with Gasteiger partial charge < -0.3 is 0 Å². The van der Waals surface area contributed by atoms with Gasteiger partial charge in [0.25, 0.3) is 0 Å². The third kappa shape index (κ3) is 2.87. The Bertz CT molecular complexity index is 1320. The minimum atomic E-state index is 0.686. The first-order chi connectivity index (χ1) is 14.2. The van der Waals surface area contributed by atoms with Crippen molar-refractivity contribution in [3.8, 4) is 22.8 Å². The van der Waals surface area contributed by atoms with Crippen molar-refractivity contribution in [3.63, 3.8) is 0 Å². The first-order valence-corrected chi connectivity index (χ1v) is 9.97. The largest absolute Gasteiger partial charge is 0.262 e. The van der Waals surface area contributed by atoms with Crippen LogP contribution in [0.4, 0.5) is 0 Å². The molecule has 0 atom stereocenters. The molecule has 3 aromatic heterocycles. The number of fused-ring (bicyclic) bond motifs is 3. The Labute approximate surface area is 172 Å². The van der Waals surface area contributed by atoms with E-state index >= 15 is 0 Å². The Morgan fingerprint density at radius 3 is 2.34 bits per heavy atom. The molecule has 6 nitrogen and oxygen atoms in total. The maximum Gasteiger partial charge on any atom is 0.190 e. The van der Waals surface area contributed by atoms with Crippen LogP contribution in [0, 0.1) is 0 Å². The molecule has 0 unspecified atom stereocenters. The van der Waals surface area contributed by atoms with E-state index in [1.807, 2.05) is 70.7 Å². The number of aromatic nitrogens is 6. The maximum atomic E-state index is 6.12. The van der Waals surface area contributed by atoms with Crippen molar-refractivity contribution >= 4 is 28.3 Å². The lowest BCUT2D eigenvalue weighted by Gasteiger charge is -2.09. The average molecular weight is 403 g/mol. The molecule has 0 aliphatic heterocycles. The van der Waals surface area contributed by atoms with Gasteiger partial charge in [0.15, 0.2) is 11.5 Å². The van der Waals surface area contributed by atoms with Crippen LogP contribution in [0.15, 0.2) is 54.6 Å². The lowest BCUT2D eigenvalue weighted by Crippen LogP contribution is -2.01. The molecule has 5 rings (SSSR count). The third-order valence-electron chi connectivity index (χ3n) is 5.02. The molecule has 0 saturated heterocycles. The van der Waals surface area contributed by atoms with Gasteiger partial charge in [-0.3, -0.25) is 9.08 Å². The van der Waals surface area contributed by atoms with Gasteiger partial charge in [-0.05, 0) is 30.7 Å². The van der Waals surface area contributed by atoms with Crippen LogP contribution in [0.1, 0.15) is 19.0 Å². The standard InChI is InChI=1S/C22H19ClN6/c1-3-7-17-18-19(28(2)27-17)22-26-25-21(14-8-5-4-6-9-14)29(22)20(24-18)15-10-12-16(23)13-11-15/h4-6,8-13H,3,7H2,1-2H3. The van der Waals surface area contributed by atoms with E-state index in [2.05, 4.69) is 17.1 Å². The number of halogens is 1. The van der Waals surface area contributed by atoms with Crippen LogP contribution < -0.4 is 0 Å². The van der Waals surface area contributed by atoms with Crippen LogP contribution in [-0.2, 0) is 13.5 Å². The molecule has 0 radical (unpaired) electrons. The third-order valence-corrected chi connectivity index (χ3v) is 5.27. The minimum Gasteiger partial charge on any atom is -0.262 e. The van der Waals surface area contributed by atoms with Crippen LogP contribution in [-0.4, -0.2) is 29.4 Å². The van der Waals surface area contributed by atoms with Crippen LogP contribution in [0.25, 0.3) is 39.5 Å². The van der Waals surface area contributed by atoms with Gasteiger partial charge in [0.1, 0.15) is 16.9 Å². The summed E-state index contributed by atoms with van der Waals surface area (Å²) in [7, 11) is 1.93. The minimum absolute atomic E-state index is 0.686. The zero-order valence-corrected chi connectivity index (χ0v) is 16.9. The quantitative estimate of drug-likeness (QED) is 0.426. The second-order valence-corrected chi connectivity index (χ2v) is 7.44. The van der Waals surface area contributed by atoms with Crippen LogP contribution in [0.2, 0.25) is 5.02 Å². The molecule has 3 heterocycles. The average Bonchev–Trinajstić information content (AvgIpc) is 3.31. The molecule has 0 aliphatic carbocycles. The predicted molar refractivity (Wildman–Crippen MR) is 115 cm³/mol. The highest BCUT2D eigenvalue weighted by molar-refractivity contribution is 6.30. The summed E-state index contributed by atoms with van der Waals surface area (Å²) in [5, 5.41) is 14.5. The molecule has 0 N–H and O–H groups in total. The van der Waals surface area contributed by atoms with E-state index in [0.29, 0.717) is 5.02 Å². The molecule has 0 saturated carbocycles. The summed E-state index contributed by atoms with van der Waals surface area (Å²) < 4.78 is 3.87. The van der Waals surface area contributed by atoms with Gasteiger partial charge >= 0.3 is 0 Å². The van der Waals surface area contributed by atoms with E-state index in [1.165, 1.54) is 0 Å². The number of aryl methyl sites for hydroxylation is 2. The van der Waals surface area contributed by atoms with Crippen molar-refractivity contribution < 1.29 is 0 Å². The first kappa shape index (κ1) is 17.8. The van der Waals surface area contributed by atoms with E-state index in [0.717, 1.165) is 58.0 Å². The summed E-state index contributed by atoms with van der Waals surface area (Å²) >= 11 is 6.12. The lowest BCUT2D eigenvalue weighted by molar-refractivity contribution is 0.753. The molecular weight excluding hydrogens is 384 g/mol. The fraction of sp³-hybridized carbons (Fsp3) is 0.182. The highest BCUT2D eigenvalue weighted by Crippen LogP contribution is 2.31. The van der Waals surface area contributed by atoms with Gasteiger partial charge in [0, 0.05) is 23.2 Å². The van der Waals surface area contributed by atoms with E-state index in [1.54, 1.807) is 0 Å². The molecule has 0 amide bonds. The first-order valence-electron chi connectivity index (χ1n) is 9.59. The summed E-state index contributed by atoms with van der Waals surface area (Å²) in [5.41, 5.74) is 5.42. The molecule has 0 aliphatic rings. The Balaban J connectivity index is 1.91. The number of benzene rings is 2. The van der Waals surface area contributed by atoms with E-state index in [4.69, 9.17) is 21.7 Å². The maximum absolute atomic E-state index is 6.12. The van der Waals surface area contributed by atoms with Crippen molar-refractivity contribution in [2.24, 2.45) is 7.05 Å². The molecule has 5 aromatic rings. The highest BCUT2D eigenvalue weighted by atomic mass is 35.5. The van der Waals surface area contributed by atoms with Gasteiger partial charge in [-0.15, -0.1) is 10.2 Å². The fourth-order valence-corrected chi connectivity index (χ4v) is 3.83. The SMILES string of the molecule is CCCc1nn(C)c2c1nc(-c1ccc(Cl)cc1)n1c(-c3ccccc3)nnc21. The van der Waals surface area contributed by atoms with Crippen LogP contribution in [0.5, 0.6) is 0 Å². The smallest absolute Gasteiger partial charge is 0.190 e. The lowest BCUT2D eigenvalue weighted by atomic mass is 10.1. The summed E-state index contributed by atoms with van der Waals surface area (Å²) in [5.74, 6) is 1.52. The molecule has 7 heteroatoms. The molecule has 0 spiro atoms. The molecule has 29 heavy (non-hydrogen) atoms. The predicted octanol–water partition coefficient (Wildman–Crippen LogP) is 4.95. The number of rotatable bonds is 4. The van der Waals surface area contributed by atoms with Gasteiger partial charge in [-0.1, -0.05) is 55.3 Å². The Morgan fingerprint density at radius 2 is 1.62 bits per heavy atom. The van der Waals surface area contributed by atoms with Gasteiger partial charge in [-0.2, -0.15) is 5.10 Å².